The summed E-state index contributed by atoms with van der Waals surface area (Å²) in [6, 6.07) is 7.16. The fraction of sp³-hybridized carbons (Fsp3) is 0.267. The molecule has 1 unspecified atom stereocenters. The first-order chi connectivity index (χ1) is 10.5. The van der Waals surface area contributed by atoms with E-state index < -0.39 is 0 Å². The van der Waals surface area contributed by atoms with Crippen molar-refractivity contribution < 1.29 is 14.3 Å². The molecular formula is C15H12BrClN2O3. The van der Waals surface area contributed by atoms with E-state index in [1.54, 1.807) is 12.1 Å². The second-order valence-corrected chi connectivity index (χ2v) is 6.39. The Kier molecular flexibility index (Phi) is 4.31. The van der Waals surface area contributed by atoms with E-state index in [0.717, 1.165) is 9.86 Å². The maximum atomic E-state index is 12.0. The van der Waals surface area contributed by atoms with Gasteiger partial charge in [-0.25, -0.2) is 4.98 Å². The average molecular weight is 384 g/mol. The van der Waals surface area contributed by atoms with Crippen molar-refractivity contribution in [3.63, 3.8) is 0 Å². The SMILES string of the molecule is O=C(CC1COC(=O)C1)Nc1ccc2c(Br)ccc(Cl)c2n1. The minimum Gasteiger partial charge on any atom is -0.465 e. The molecule has 0 spiro atoms. The number of hydrogen-bond acceptors (Lipinski definition) is 4. The van der Waals surface area contributed by atoms with Crippen LogP contribution < -0.4 is 5.32 Å². The molecule has 0 saturated carbocycles. The average Bonchev–Trinajstić information content (AvgIpc) is 2.88. The molecule has 1 aromatic carbocycles. The number of amides is 1. The fourth-order valence-corrected chi connectivity index (χ4v) is 3.03. The molecule has 1 aromatic heterocycles. The van der Waals surface area contributed by atoms with Crippen molar-refractivity contribution in [2.75, 3.05) is 11.9 Å². The van der Waals surface area contributed by atoms with E-state index in [0.29, 0.717) is 23.0 Å². The van der Waals surface area contributed by atoms with Crippen LogP contribution >= 0.6 is 27.5 Å². The van der Waals surface area contributed by atoms with Gasteiger partial charge in [0, 0.05) is 22.2 Å². The number of ether oxygens (including phenoxy) is 1. The number of hydrogen-bond donors (Lipinski definition) is 1. The number of fused-ring (bicyclic) bond motifs is 1. The number of rotatable bonds is 3. The van der Waals surface area contributed by atoms with Crippen molar-refractivity contribution in [1.82, 2.24) is 4.98 Å². The largest absolute Gasteiger partial charge is 0.465 e. The van der Waals surface area contributed by atoms with Gasteiger partial charge in [0.15, 0.2) is 0 Å². The lowest BCUT2D eigenvalue weighted by Gasteiger charge is -2.09. The zero-order chi connectivity index (χ0) is 15.7. The van der Waals surface area contributed by atoms with Crippen molar-refractivity contribution in [2.45, 2.75) is 12.8 Å². The standard InChI is InChI=1S/C15H12BrClN2O3/c16-10-2-3-11(17)15-9(10)1-4-12(19-15)18-13(20)5-8-6-14(21)22-7-8/h1-4,8H,5-7H2,(H,18,19,20). The smallest absolute Gasteiger partial charge is 0.306 e. The molecule has 2 aromatic rings. The number of halogens is 2. The maximum Gasteiger partial charge on any atom is 0.306 e. The summed E-state index contributed by atoms with van der Waals surface area (Å²) in [4.78, 5) is 27.4. The van der Waals surface area contributed by atoms with E-state index in [-0.39, 0.29) is 30.6 Å². The molecule has 22 heavy (non-hydrogen) atoms. The second-order valence-electron chi connectivity index (χ2n) is 5.13. The normalized spacial score (nSPS) is 17.5. The minimum absolute atomic E-state index is 0.0642. The van der Waals surface area contributed by atoms with Crippen LogP contribution in [0, 0.1) is 5.92 Å². The molecule has 1 amide bonds. The molecule has 1 N–H and O–H groups in total. The Balaban J connectivity index is 1.75. The molecule has 114 valence electrons. The maximum absolute atomic E-state index is 12.0. The monoisotopic (exact) mass is 382 g/mol. The molecule has 0 radical (unpaired) electrons. The van der Waals surface area contributed by atoms with Crippen LogP contribution in [-0.4, -0.2) is 23.5 Å². The van der Waals surface area contributed by atoms with Crippen LogP contribution in [0.25, 0.3) is 10.9 Å². The van der Waals surface area contributed by atoms with Gasteiger partial charge in [-0.05, 0) is 24.3 Å². The summed E-state index contributed by atoms with van der Waals surface area (Å²) >= 11 is 9.58. The van der Waals surface area contributed by atoms with Crippen molar-refractivity contribution in [2.24, 2.45) is 5.92 Å². The van der Waals surface area contributed by atoms with Crippen molar-refractivity contribution >= 4 is 56.1 Å². The Morgan fingerprint density at radius 3 is 2.95 bits per heavy atom. The lowest BCUT2D eigenvalue weighted by Crippen LogP contribution is -2.17. The van der Waals surface area contributed by atoms with Gasteiger partial charge in [-0.15, -0.1) is 0 Å². The van der Waals surface area contributed by atoms with Crippen LogP contribution in [0.5, 0.6) is 0 Å². The topological polar surface area (TPSA) is 68.3 Å². The van der Waals surface area contributed by atoms with Gasteiger partial charge in [0.05, 0.1) is 23.6 Å². The summed E-state index contributed by atoms with van der Waals surface area (Å²) in [5.74, 6) is -0.0760. The second kappa shape index (κ2) is 6.22. The Bertz CT molecular complexity index is 766. The summed E-state index contributed by atoms with van der Waals surface area (Å²) in [7, 11) is 0. The van der Waals surface area contributed by atoms with Crippen LogP contribution in [-0.2, 0) is 14.3 Å². The van der Waals surface area contributed by atoms with Crippen LogP contribution in [0.3, 0.4) is 0 Å². The molecule has 1 aliphatic heterocycles. The Morgan fingerprint density at radius 2 is 2.23 bits per heavy atom. The van der Waals surface area contributed by atoms with Gasteiger partial charge in [-0.3, -0.25) is 9.59 Å². The summed E-state index contributed by atoms with van der Waals surface area (Å²) in [6.07, 6.45) is 0.523. The van der Waals surface area contributed by atoms with E-state index >= 15 is 0 Å². The number of esters is 1. The van der Waals surface area contributed by atoms with Gasteiger partial charge in [-0.2, -0.15) is 0 Å². The van der Waals surface area contributed by atoms with Crippen molar-refractivity contribution in [3.8, 4) is 0 Å². The number of anilines is 1. The Hall–Kier alpha value is -1.66. The van der Waals surface area contributed by atoms with Crippen molar-refractivity contribution in [1.29, 1.82) is 0 Å². The van der Waals surface area contributed by atoms with Gasteiger partial charge in [0.1, 0.15) is 5.82 Å². The van der Waals surface area contributed by atoms with Crippen molar-refractivity contribution in [3.05, 3.63) is 33.8 Å². The summed E-state index contributed by atoms with van der Waals surface area (Å²) < 4.78 is 5.73. The number of carbonyl (C=O) groups is 2. The molecule has 5 nitrogen and oxygen atoms in total. The highest BCUT2D eigenvalue weighted by atomic mass is 79.9. The molecule has 1 atom stereocenters. The van der Waals surface area contributed by atoms with Gasteiger partial charge in [0.25, 0.3) is 0 Å². The highest BCUT2D eigenvalue weighted by Gasteiger charge is 2.26. The zero-order valence-corrected chi connectivity index (χ0v) is 13.8. The number of pyridine rings is 1. The Labute approximate surface area is 140 Å². The first-order valence-electron chi connectivity index (χ1n) is 6.73. The molecule has 3 rings (SSSR count). The van der Waals surface area contributed by atoms with Gasteiger partial charge < -0.3 is 10.1 Å². The van der Waals surface area contributed by atoms with Crippen LogP contribution in [0.4, 0.5) is 5.82 Å². The molecule has 1 saturated heterocycles. The first kappa shape index (κ1) is 15.2. The van der Waals surface area contributed by atoms with Crippen LogP contribution in [0.1, 0.15) is 12.8 Å². The molecule has 1 aliphatic rings. The van der Waals surface area contributed by atoms with Crippen LogP contribution in [0.2, 0.25) is 5.02 Å². The predicted octanol–water partition coefficient (Wildman–Crippen LogP) is 3.54. The minimum atomic E-state index is -0.252. The Morgan fingerprint density at radius 1 is 1.41 bits per heavy atom. The quantitative estimate of drug-likeness (QED) is 0.823. The highest BCUT2D eigenvalue weighted by molar-refractivity contribution is 9.10. The fourth-order valence-electron chi connectivity index (χ4n) is 2.37. The highest BCUT2D eigenvalue weighted by Crippen LogP contribution is 2.29. The lowest BCUT2D eigenvalue weighted by molar-refractivity contribution is -0.138. The third-order valence-corrected chi connectivity index (χ3v) is 4.43. The predicted molar refractivity (Wildman–Crippen MR) is 86.8 cm³/mol. The van der Waals surface area contributed by atoms with Gasteiger partial charge in [-0.1, -0.05) is 27.5 Å². The van der Waals surface area contributed by atoms with E-state index in [1.165, 1.54) is 0 Å². The zero-order valence-electron chi connectivity index (χ0n) is 11.4. The van der Waals surface area contributed by atoms with Gasteiger partial charge >= 0.3 is 5.97 Å². The number of carbonyl (C=O) groups excluding carboxylic acids is 2. The first-order valence-corrected chi connectivity index (χ1v) is 7.90. The molecule has 7 heteroatoms. The summed E-state index contributed by atoms with van der Waals surface area (Å²) in [5, 5.41) is 4.12. The third kappa shape index (κ3) is 3.23. The molecular weight excluding hydrogens is 372 g/mol. The molecule has 0 aliphatic carbocycles. The third-order valence-electron chi connectivity index (χ3n) is 3.43. The van der Waals surface area contributed by atoms with E-state index in [2.05, 4.69) is 26.2 Å². The van der Waals surface area contributed by atoms with Gasteiger partial charge in [0.2, 0.25) is 5.91 Å². The summed E-state index contributed by atoms with van der Waals surface area (Å²) in [5.41, 5.74) is 0.619. The number of aromatic nitrogens is 1. The van der Waals surface area contributed by atoms with E-state index in [4.69, 9.17) is 16.3 Å². The number of nitrogens with zero attached hydrogens (tertiary/aromatic N) is 1. The lowest BCUT2D eigenvalue weighted by atomic mass is 10.0. The molecule has 2 heterocycles. The number of nitrogens with one attached hydrogen (secondary N) is 1. The number of cyclic esters (lactones) is 1. The number of benzene rings is 1. The van der Waals surface area contributed by atoms with Crippen LogP contribution in [0.15, 0.2) is 28.7 Å². The molecule has 1 fully saturated rings. The summed E-state index contributed by atoms with van der Waals surface area (Å²) in [6.45, 7) is 0.302. The van der Waals surface area contributed by atoms with E-state index in [1.807, 2.05) is 12.1 Å². The molecule has 0 bridgehead atoms. The van der Waals surface area contributed by atoms with E-state index in [9.17, 15) is 9.59 Å².